The van der Waals surface area contributed by atoms with Crippen LogP contribution in [0.5, 0.6) is 0 Å². The van der Waals surface area contributed by atoms with Crippen molar-refractivity contribution in [2.75, 3.05) is 22.9 Å². The fraction of sp³-hybridized carbons (Fsp3) is 0.448. The lowest BCUT2D eigenvalue weighted by Gasteiger charge is -2.33. The third kappa shape index (κ3) is 4.50. The zero-order valence-corrected chi connectivity index (χ0v) is 23.4. The molecule has 2 aliphatic heterocycles. The Morgan fingerprint density at radius 1 is 1.08 bits per heavy atom. The molecule has 5 rings (SSSR count). The van der Waals surface area contributed by atoms with Crippen LogP contribution in [0.2, 0.25) is 5.02 Å². The van der Waals surface area contributed by atoms with E-state index in [1.165, 1.54) is 29.8 Å². The maximum Gasteiger partial charge on any atom is 0.174 e. The molecule has 2 aliphatic rings. The summed E-state index contributed by atoms with van der Waals surface area (Å²) in [4.78, 5) is 9.35. The van der Waals surface area contributed by atoms with Crippen molar-refractivity contribution in [2.24, 2.45) is 5.92 Å². The molecular weight excluding hydrogens is 486 g/mol. The van der Waals surface area contributed by atoms with Gasteiger partial charge in [0.2, 0.25) is 0 Å². The van der Waals surface area contributed by atoms with Gasteiger partial charge in [0.05, 0.1) is 28.5 Å². The van der Waals surface area contributed by atoms with E-state index in [4.69, 9.17) is 28.8 Å². The van der Waals surface area contributed by atoms with Crippen LogP contribution in [0.4, 0.5) is 11.4 Å². The number of benzene rings is 1. The van der Waals surface area contributed by atoms with E-state index in [0.29, 0.717) is 11.2 Å². The van der Waals surface area contributed by atoms with Crippen LogP contribution in [0.3, 0.4) is 0 Å². The van der Waals surface area contributed by atoms with Crippen LogP contribution in [0, 0.1) is 19.8 Å². The Hall–Kier alpha value is -2.57. The van der Waals surface area contributed by atoms with Crippen molar-refractivity contribution < 1.29 is 0 Å². The molecule has 2 fully saturated rings. The van der Waals surface area contributed by atoms with Gasteiger partial charge in [-0.3, -0.25) is 4.98 Å². The summed E-state index contributed by atoms with van der Waals surface area (Å²) in [5.41, 5.74) is 6.87. The maximum atomic E-state index is 6.93. The van der Waals surface area contributed by atoms with E-state index in [9.17, 15) is 0 Å². The molecule has 7 heteroatoms. The minimum Gasteiger partial charge on any atom is -0.370 e. The van der Waals surface area contributed by atoms with Crippen molar-refractivity contribution in [3.05, 3.63) is 76.3 Å². The number of hydrogen-bond acceptors (Lipinski definition) is 3. The molecule has 2 atom stereocenters. The van der Waals surface area contributed by atoms with E-state index in [1.54, 1.807) is 0 Å². The number of aromatic nitrogens is 2. The molecule has 0 amide bonds. The summed E-state index contributed by atoms with van der Waals surface area (Å²) in [6, 6.07) is 15.1. The van der Waals surface area contributed by atoms with Crippen LogP contribution in [-0.2, 0) is 0 Å². The largest absolute Gasteiger partial charge is 0.370 e. The molecule has 1 N–H and O–H groups in total. The Balaban J connectivity index is 1.57. The van der Waals surface area contributed by atoms with Gasteiger partial charge in [-0.05, 0) is 101 Å². The Kier molecular flexibility index (Phi) is 7.01. The SMILES string of the molecule is Cc1cc([C@H]2[C@H](c3ccccn3)NC(=S)N2c2ccc(N3CCC(C)CC3)c(Cl)c2)c(C)n1C(C)C. The second-order valence-corrected chi connectivity index (χ2v) is 11.4. The smallest absolute Gasteiger partial charge is 0.174 e. The number of hydrogen-bond donors (Lipinski definition) is 1. The van der Waals surface area contributed by atoms with Crippen LogP contribution in [0.25, 0.3) is 0 Å². The molecule has 36 heavy (non-hydrogen) atoms. The molecule has 0 aliphatic carbocycles. The summed E-state index contributed by atoms with van der Waals surface area (Å²) in [6.07, 6.45) is 4.26. The van der Waals surface area contributed by atoms with E-state index < -0.39 is 0 Å². The minimum atomic E-state index is -0.0677. The molecule has 2 saturated heterocycles. The summed E-state index contributed by atoms with van der Waals surface area (Å²) < 4.78 is 2.40. The van der Waals surface area contributed by atoms with Crippen LogP contribution < -0.4 is 15.1 Å². The van der Waals surface area contributed by atoms with Crippen LogP contribution in [0.1, 0.15) is 74.4 Å². The highest BCUT2D eigenvalue weighted by atomic mass is 35.5. The molecule has 0 unspecified atom stereocenters. The molecule has 190 valence electrons. The second-order valence-electron chi connectivity index (χ2n) is 10.6. The topological polar surface area (TPSA) is 36.3 Å². The monoisotopic (exact) mass is 521 g/mol. The van der Waals surface area contributed by atoms with Gasteiger partial charge in [-0.25, -0.2) is 0 Å². The van der Waals surface area contributed by atoms with Gasteiger partial charge in [0.1, 0.15) is 0 Å². The third-order valence-corrected chi connectivity index (χ3v) is 8.41. The predicted molar refractivity (Wildman–Crippen MR) is 154 cm³/mol. The number of thiocarbonyl (C=S) groups is 1. The van der Waals surface area contributed by atoms with Gasteiger partial charge in [-0.1, -0.05) is 24.6 Å². The fourth-order valence-electron chi connectivity index (χ4n) is 6.00. The number of pyridine rings is 1. The molecule has 1 aromatic carbocycles. The van der Waals surface area contributed by atoms with Crippen molar-refractivity contribution in [2.45, 2.75) is 65.6 Å². The predicted octanol–water partition coefficient (Wildman–Crippen LogP) is 7.15. The Morgan fingerprint density at radius 2 is 1.83 bits per heavy atom. The first-order chi connectivity index (χ1) is 17.3. The molecular formula is C29H36ClN5S. The van der Waals surface area contributed by atoms with E-state index in [1.807, 2.05) is 18.3 Å². The first kappa shape index (κ1) is 25.1. The zero-order chi connectivity index (χ0) is 25.6. The number of nitrogens with one attached hydrogen (secondary N) is 1. The number of aryl methyl sites for hydroxylation is 1. The lowest BCUT2D eigenvalue weighted by atomic mass is 9.96. The first-order valence-electron chi connectivity index (χ1n) is 13.0. The van der Waals surface area contributed by atoms with E-state index >= 15 is 0 Å². The number of piperidine rings is 1. The molecule has 0 spiro atoms. The molecule has 4 heterocycles. The van der Waals surface area contributed by atoms with Crippen molar-refractivity contribution >= 4 is 40.3 Å². The lowest BCUT2D eigenvalue weighted by molar-refractivity contribution is 0.438. The van der Waals surface area contributed by atoms with Gasteiger partial charge in [0.15, 0.2) is 5.11 Å². The van der Waals surface area contributed by atoms with E-state index in [-0.39, 0.29) is 12.1 Å². The zero-order valence-electron chi connectivity index (χ0n) is 21.8. The molecule has 2 aromatic heterocycles. The summed E-state index contributed by atoms with van der Waals surface area (Å²) in [5.74, 6) is 0.779. The molecule has 3 aromatic rings. The highest BCUT2D eigenvalue weighted by Crippen LogP contribution is 2.45. The average Bonchev–Trinajstić information content (AvgIpc) is 3.35. The van der Waals surface area contributed by atoms with Gasteiger partial charge in [-0.15, -0.1) is 0 Å². The highest BCUT2D eigenvalue weighted by molar-refractivity contribution is 7.80. The Morgan fingerprint density at radius 3 is 2.44 bits per heavy atom. The quantitative estimate of drug-likeness (QED) is 0.361. The molecule has 0 saturated carbocycles. The average molecular weight is 522 g/mol. The molecule has 0 bridgehead atoms. The van der Waals surface area contributed by atoms with Crippen LogP contribution in [0.15, 0.2) is 48.7 Å². The van der Waals surface area contributed by atoms with Crippen LogP contribution in [-0.4, -0.2) is 27.8 Å². The second kappa shape index (κ2) is 10.1. The number of rotatable bonds is 5. The van der Waals surface area contributed by atoms with Crippen molar-refractivity contribution in [1.82, 2.24) is 14.9 Å². The Bertz CT molecular complexity index is 1250. The maximum absolute atomic E-state index is 6.93. The summed E-state index contributed by atoms with van der Waals surface area (Å²) in [7, 11) is 0. The summed E-state index contributed by atoms with van der Waals surface area (Å²) in [6.45, 7) is 13.3. The standard InChI is InChI=1S/C29H36ClN5S/c1-18(2)34-20(4)16-23(21(34)5)28-27(25-8-6-7-13-31-25)32-29(36)35(28)22-9-10-26(24(30)17-22)33-14-11-19(3)12-15-33/h6-10,13,16-19,27-28H,11-12,14-15H2,1-5H3,(H,32,36)/t27-,28-/m0/s1. The summed E-state index contributed by atoms with van der Waals surface area (Å²) >= 11 is 12.9. The Labute approximate surface area is 225 Å². The highest BCUT2D eigenvalue weighted by Gasteiger charge is 2.42. The van der Waals surface area contributed by atoms with Gasteiger partial charge in [0, 0.05) is 42.4 Å². The molecule has 5 nitrogen and oxygen atoms in total. The van der Waals surface area contributed by atoms with Crippen LogP contribution >= 0.6 is 23.8 Å². The number of anilines is 2. The fourth-order valence-corrected chi connectivity index (χ4v) is 6.64. The van der Waals surface area contributed by atoms with E-state index in [2.05, 4.69) is 84.6 Å². The van der Waals surface area contributed by atoms with Crippen molar-refractivity contribution in [1.29, 1.82) is 0 Å². The lowest BCUT2D eigenvalue weighted by Crippen LogP contribution is -2.33. The van der Waals surface area contributed by atoms with Crippen molar-refractivity contribution in [3.8, 4) is 0 Å². The number of halogens is 1. The van der Waals surface area contributed by atoms with Crippen molar-refractivity contribution in [3.63, 3.8) is 0 Å². The van der Waals surface area contributed by atoms with Gasteiger partial charge >= 0.3 is 0 Å². The minimum absolute atomic E-state index is 0.0381. The van der Waals surface area contributed by atoms with Gasteiger partial charge in [0.25, 0.3) is 0 Å². The molecule has 0 radical (unpaired) electrons. The normalized spacial score (nSPS) is 20.9. The summed E-state index contributed by atoms with van der Waals surface area (Å²) in [5, 5.41) is 5.06. The third-order valence-electron chi connectivity index (χ3n) is 7.79. The number of nitrogens with zero attached hydrogens (tertiary/aromatic N) is 4. The van der Waals surface area contributed by atoms with Gasteiger partial charge in [-0.2, -0.15) is 0 Å². The van der Waals surface area contributed by atoms with E-state index in [0.717, 1.165) is 41.1 Å². The van der Waals surface area contributed by atoms with Gasteiger partial charge < -0.3 is 19.7 Å². The first-order valence-corrected chi connectivity index (χ1v) is 13.8.